The molecule has 2 atom stereocenters. The molecule has 18 heavy (non-hydrogen) atoms. The molecule has 2 aliphatic rings. The Hall–Kier alpha value is -0.910. The van der Waals surface area contributed by atoms with Crippen molar-refractivity contribution in [3.8, 4) is 0 Å². The van der Waals surface area contributed by atoms with Crippen LogP contribution in [0.4, 0.5) is 0 Å². The predicted molar refractivity (Wildman–Crippen MR) is 69.2 cm³/mol. The highest BCUT2D eigenvalue weighted by atomic mass is 16.5. The number of nitrogens with zero attached hydrogens (tertiary/aromatic N) is 3. The molecular weight excluding hydrogens is 228 g/mol. The molecule has 1 aliphatic carbocycles. The lowest BCUT2D eigenvalue weighted by Crippen LogP contribution is -2.49. The Bertz CT molecular complexity index is 401. The molecule has 3 rings (SSSR count). The van der Waals surface area contributed by atoms with Crippen molar-refractivity contribution in [2.24, 2.45) is 5.73 Å². The number of aromatic nitrogens is 2. The van der Waals surface area contributed by atoms with Gasteiger partial charge in [0.05, 0.1) is 30.8 Å². The van der Waals surface area contributed by atoms with Gasteiger partial charge in [-0.25, -0.2) is 4.98 Å². The molecule has 0 bridgehead atoms. The average Bonchev–Trinajstić information content (AvgIpc) is 3.15. The lowest BCUT2D eigenvalue weighted by Gasteiger charge is -2.41. The Morgan fingerprint density at radius 2 is 2.33 bits per heavy atom. The zero-order chi connectivity index (χ0) is 12.5. The number of morpholine rings is 1. The summed E-state index contributed by atoms with van der Waals surface area (Å²) in [6.45, 7) is 5.48. The zero-order valence-corrected chi connectivity index (χ0v) is 11.0. The predicted octanol–water partition coefficient (Wildman–Crippen LogP) is 0.766. The Morgan fingerprint density at radius 1 is 1.50 bits per heavy atom. The smallest absolute Gasteiger partial charge is 0.0948 e. The van der Waals surface area contributed by atoms with Gasteiger partial charge in [0.1, 0.15) is 0 Å². The van der Waals surface area contributed by atoms with Crippen LogP contribution in [-0.4, -0.2) is 46.3 Å². The van der Waals surface area contributed by atoms with Crippen LogP contribution in [0.3, 0.4) is 0 Å². The SMILES string of the molecule is CCn1cncc1C1C(CN)OCCN1C1CC1. The number of ether oxygens (including phenoxy) is 1. The summed E-state index contributed by atoms with van der Waals surface area (Å²) in [6.07, 6.45) is 6.60. The highest BCUT2D eigenvalue weighted by Gasteiger charge is 2.41. The van der Waals surface area contributed by atoms with Crippen molar-refractivity contribution in [2.75, 3.05) is 19.7 Å². The number of imidazole rings is 1. The van der Waals surface area contributed by atoms with Gasteiger partial charge in [-0.2, -0.15) is 0 Å². The van der Waals surface area contributed by atoms with E-state index in [0.717, 1.165) is 25.7 Å². The number of aryl methyl sites for hydroxylation is 1. The molecule has 0 spiro atoms. The second kappa shape index (κ2) is 4.99. The van der Waals surface area contributed by atoms with E-state index in [4.69, 9.17) is 10.5 Å². The second-order valence-electron chi connectivity index (χ2n) is 5.16. The van der Waals surface area contributed by atoms with Gasteiger partial charge in [-0.15, -0.1) is 0 Å². The third kappa shape index (κ3) is 2.06. The maximum Gasteiger partial charge on any atom is 0.0948 e. The van der Waals surface area contributed by atoms with Crippen molar-refractivity contribution in [2.45, 2.75) is 44.5 Å². The first-order valence-electron chi connectivity index (χ1n) is 6.92. The van der Waals surface area contributed by atoms with Gasteiger partial charge in [0.15, 0.2) is 0 Å². The van der Waals surface area contributed by atoms with Gasteiger partial charge in [-0.05, 0) is 19.8 Å². The summed E-state index contributed by atoms with van der Waals surface area (Å²) in [5.41, 5.74) is 7.14. The monoisotopic (exact) mass is 250 g/mol. The van der Waals surface area contributed by atoms with E-state index in [0.29, 0.717) is 6.54 Å². The van der Waals surface area contributed by atoms with Crippen LogP contribution in [-0.2, 0) is 11.3 Å². The zero-order valence-electron chi connectivity index (χ0n) is 11.0. The standard InChI is InChI=1S/C13H22N4O/c1-2-16-9-15-8-11(16)13-12(7-14)18-6-5-17(13)10-3-4-10/h8-10,12-13H,2-7,14H2,1H3. The highest BCUT2D eigenvalue weighted by Crippen LogP contribution is 2.38. The van der Waals surface area contributed by atoms with Crippen molar-refractivity contribution >= 4 is 0 Å². The van der Waals surface area contributed by atoms with Gasteiger partial charge >= 0.3 is 0 Å². The van der Waals surface area contributed by atoms with Crippen LogP contribution in [0, 0.1) is 0 Å². The Balaban J connectivity index is 1.91. The quantitative estimate of drug-likeness (QED) is 0.857. The van der Waals surface area contributed by atoms with Gasteiger partial charge in [-0.1, -0.05) is 0 Å². The number of nitrogens with two attached hydrogens (primary N) is 1. The molecule has 2 fully saturated rings. The lowest BCUT2D eigenvalue weighted by molar-refractivity contribution is -0.0735. The molecule has 1 aromatic rings. The maximum absolute atomic E-state index is 5.89. The van der Waals surface area contributed by atoms with Crippen LogP contribution in [0.25, 0.3) is 0 Å². The average molecular weight is 250 g/mol. The lowest BCUT2D eigenvalue weighted by atomic mass is 10.0. The summed E-state index contributed by atoms with van der Waals surface area (Å²) in [4.78, 5) is 6.86. The summed E-state index contributed by atoms with van der Waals surface area (Å²) in [5.74, 6) is 0. The molecule has 1 aliphatic heterocycles. The largest absolute Gasteiger partial charge is 0.374 e. The fraction of sp³-hybridized carbons (Fsp3) is 0.769. The minimum absolute atomic E-state index is 0.0985. The Morgan fingerprint density at radius 3 is 3.00 bits per heavy atom. The van der Waals surface area contributed by atoms with Gasteiger partial charge in [0, 0.05) is 31.9 Å². The topological polar surface area (TPSA) is 56.3 Å². The fourth-order valence-electron chi connectivity index (χ4n) is 2.97. The Labute approximate surface area is 108 Å². The number of rotatable bonds is 4. The summed E-state index contributed by atoms with van der Waals surface area (Å²) >= 11 is 0. The molecule has 2 heterocycles. The maximum atomic E-state index is 5.89. The minimum atomic E-state index is 0.0985. The third-order valence-electron chi connectivity index (χ3n) is 4.03. The molecule has 5 heteroatoms. The van der Waals surface area contributed by atoms with E-state index < -0.39 is 0 Å². The van der Waals surface area contributed by atoms with Crippen LogP contribution in [0.2, 0.25) is 0 Å². The van der Waals surface area contributed by atoms with E-state index in [9.17, 15) is 0 Å². The van der Waals surface area contributed by atoms with E-state index >= 15 is 0 Å². The van der Waals surface area contributed by atoms with E-state index in [1.54, 1.807) is 0 Å². The summed E-state index contributed by atoms with van der Waals surface area (Å²) in [7, 11) is 0. The van der Waals surface area contributed by atoms with Crippen molar-refractivity contribution in [3.63, 3.8) is 0 Å². The van der Waals surface area contributed by atoms with Gasteiger partial charge < -0.3 is 15.0 Å². The molecule has 2 unspecified atom stereocenters. The van der Waals surface area contributed by atoms with Crippen molar-refractivity contribution in [3.05, 3.63) is 18.2 Å². The molecular formula is C13H22N4O. The summed E-state index contributed by atoms with van der Waals surface area (Å²) in [5, 5.41) is 0. The van der Waals surface area contributed by atoms with Crippen LogP contribution in [0.15, 0.2) is 12.5 Å². The Kier molecular flexibility index (Phi) is 3.37. The van der Waals surface area contributed by atoms with Gasteiger partial charge in [-0.3, -0.25) is 4.90 Å². The molecule has 2 N–H and O–H groups in total. The van der Waals surface area contributed by atoms with Crippen LogP contribution >= 0.6 is 0 Å². The van der Waals surface area contributed by atoms with E-state index in [1.165, 1.54) is 18.5 Å². The molecule has 0 radical (unpaired) electrons. The first-order chi connectivity index (χ1) is 8.85. The summed E-state index contributed by atoms with van der Waals surface area (Å²) in [6, 6.07) is 1.01. The van der Waals surface area contributed by atoms with Crippen molar-refractivity contribution in [1.29, 1.82) is 0 Å². The highest BCUT2D eigenvalue weighted by molar-refractivity contribution is 5.12. The van der Waals surface area contributed by atoms with Gasteiger partial charge in [0.25, 0.3) is 0 Å². The minimum Gasteiger partial charge on any atom is -0.374 e. The molecule has 0 aromatic carbocycles. The first kappa shape index (κ1) is 12.1. The van der Waals surface area contributed by atoms with Crippen LogP contribution in [0.1, 0.15) is 31.5 Å². The molecule has 1 saturated heterocycles. The first-order valence-corrected chi connectivity index (χ1v) is 6.92. The number of hydrogen-bond donors (Lipinski definition) is 1. The molecule has 1 saturated carbocycles. The second-order valence-corrected chi connectivity index (χ2v) is 5.16. The fourth-order valence-corrected chi connectivity index (χ4v) is 2.97. The van der Waals surface area contributed by atoms with Crippen LogP contribution in [0.5, 0.6) is 0 Å². The van der Waals surface area contributed by atoms with E-state index in [-0.39, 0.29) is 12.1 Å². The molecule has 1 aromatic heterocycles. The number of hydrogen-bond acceptors (Lipinski definition) is 4. The van der Waals surface area contributed by atoms with E-state index in [2.05, 4.69) is 21.4 Å². The summed E-state index contributed by atoms with van der Waals surface area (Å²) < 4.78 is 8.07. The molecule has 100 valence electrons. The van der Waals surface area contributed by atoms with Crippen molar-refractivity contribution < 1.29 is 4.74 Å². The molecule has 5 nitrogen and oxygen atoms in total. The van der Waals surface area contributed by atoms with Crippen LogP contribution < -0.4 is 5.73 Å². The normalized spacial score (nSPS) is 29.7. The van der Waals surface area contributed by atoms with Crippen molar-refractivity contribution in [1.82, 2.24) is 14.5 Å². The molecule has 0 amide bonds. The third-order valence-corrected chi connectivity index (χ3v) is 4.03. The van der Waals surface area contributed by atoms with Gasteiger partial charge in [0.2, 0.25) is 0 Å². The van der Waals surface area contributed by atoms with E-state index in [1.807, 2.05) is 12.5 Å².